The van der Waals surface area contributed by atoms with Gasteiger partial charge in [-0.3, -0.25) is 9.59 Å². The van der Waals surface area contributed by atoms with Gasteiger partial charge in [-0.25, -0.2) is 4.98 Å². The van der Waals surface area contributed by atoms with Crippen LogP contribution in [0.3, 0.4) is 0 Å². The number of alkyl halides is 6. The van der Waals surface area contributed by atoms with Crippen LogP contribution in [-0.4, -0.2) is 49.1 Å². The largest absolute Gasteiger partial charge is 0.573 e. The highest BCUT2D eigenvalue weighted by Gasteiger charge is 2.31. The summed E-state index contributed by atoms with van der Waals surface area (Å²) in [6.07, 6.45) is -8.78. The van der Waals surface area contributed by atoms with Crippen LogP contribution in [0, 0.1) is 0 Å². The number of nitrogens with one attached hydrogen (secondary N) is 2. The molecule has 2 N–H and O–H groups in total. The molecule has 4 aromatic rings. The molecule has 0 aliphatic heterocycles. The number of benzene rings is 2. The highest BCUT2D eigenvalue weighted by molar-refractivity contribution is 7.18. The van der Waals surface area contributed by atoms with E-state index in [-0.39, 0.29) is 29.8 Å². The third kappa shape index (κ3) is 8.73. The number of carbonyl (C=O) groups is 1. The fourth-order valence-electron chi connectivity index (χ4n) is 3.86. The second-order valence-corrected chi connectivity index (χ2v) is 10.3. The number of anilines is 2. The van der Waals surface area contributed by atoms with Gasteiger partial charge in [-0.2, -0.15) is 13.2 Å². The second-order valence-electron chi connectivity index (χ2n) is 9.32. The molecule has 1 amide bonds. The Labute approximate surface area is 244 Å². The van der Waals surface area contributed by atoms with Gasteiger partial charge in [-0.05, 0) is 66.6 Å². The van der Waals surface area contributed by atoms with Gasteiger partial charge in [0.25, 0.3) is 11.5 Å². The average Bonchev–Trinajstić information content (AvgIpc) is 3.42. The maximum atomic E-state index is 13.3. The van der Waals surface area contributed by atoms with Crippen LogP contribution < -0.4 is 25.2 Å². The standard InChI is InChI=1S/C28H24F6N4O4S/c1-38(2)26-35-15-22(43-26)20-14-21(16-4-8-18(9-5-16)41-13-3-12-27(29,30)31)37-25(40)23(20)24(39)36-17-6-10-19(11-7-17)42-28(32,33)34/h4-11,14-15H,3,12-13H2,1-2H3,(H,36,39)(H,37,40). The molecule has 228 valence electrons. The lowest BCUT2D eigenvalue weighted by Gasteiger charge is -2.13. The normalized spacial score (nSPS) is 11.7. The van der Waals surface area contributed by atoms with Crippen molar-refractivity contribution in [1.29, 1.82) is 0 Å². The number of amides is 1. The minimum Gasteiger partial charge on any atom is -0.494 e. The molecule has 43 heavy (non-hydrogen) atoms. The van der Waals surface area contributed by atoms with Crippen LogP contribution in [0.4, 0.5) is 37.2 Å². The molecule has 0 spiro atoms. The molecule has 15 heteroatoms. The molecule has 0 saturated carbocycles. The van der Waals surface area contributed by atoms with E-state index in [0.29, 0.717) is 27.0 Å². The lowest BCUT2D eigenvalue weighted by Crippen LogP contribution is -2.24. The first-order chi connectivity index (χ1) is 20.2. The number of hydrogen-bond donors (Lipinski definition) is 2. The van der Waals surface area contributed by atoms with Crippen molar-refractivity contribution < 1.29 is 40.6 Å². The quantitative estimate of drug-likeness (QED) is 0.144. The number of H-pyrrole nitrogens is 1. The summed E-state index contributed by atoms with van der Waals surface area (Å²) in [6, 6.07) is 12.3. The smallest absolute Gasteiger partial charge is 0.494 e. The monoisotopic (exact) mass is 626 g/mol. The Morgan fingerprint density at radius 3 is 2.23 bits per heavy atom. The van der Waals surface area contributed by atoms with Crippen LogP contribution in [-0.2, 0) is 0 Å². The van der Waals surface area contributed by atoms with Crippen LogP contribution in [0.5, 0.6) is 11.5 Å². The van der Waals surface area contributed by atoms with Crippen LogP contribution in [0.2, 0.25) is 0 Å². The van der Waals surface area contributed by atoms with Gasteiger partial charge in [-0.1, -0.05) is 11.3 Å². The summed E-state index contributed by atoms with van der Waals surface area (Å²) < 4.78 is 83.7. The molecule has 2 aromatic heterocycles. The van der Waals surface area contributed by atoms with E-state index in [9.17, 15) is 35.9 Å². The number of hydrogen-bond acceptors (Lipinski definition) is 7. The summed E-state index contributed by atoms with van der Waals surface area (Å²) in [5.74, 6) is -0.948. The predicted octanol–water partition coefficient (Wildman–Crippen LogP) is 7.10. The number of rotatable bonds is 10. The molecule has 2 heterocycles. The number of carbonyl (C=O) groups excluding carboxylic acids is 1. The SMILES string of the molecule is CN(C)c1ncc(-c2cc(-c3ccc(OCCCC(F)(F)F)cc3)[nH]c(=O)c2C(=O)Nc2ccc(OC(F)(F)F)cc2)s1. The summed E-state index contributed by atoms with van der Waals surface area (Å²) in [7, 11) is 3.55. The number of aromatic nitrogens is 2. The minimum absolute atomic E-state index is 0.123. The van der Waals surface area contributed by atoms with Crippen LogP contribution >= 0.6 is 11.3 Å². The highest BCUT2D eigenvalue weighted by atomic mass is 32.1. The van der Waals surface area contributed by atoms with E-state index < -0.39 is 36.2 Å². The molecule has 0 saturated heterocycles. The molecular weight excluding hydrogens is 602 g/mol. The Balaban J connectivity index is 1.62. The molecule has 8 nitrogen and oxygen atoms in total. The van der Waals surface area contributed by atoms with Gasteiger partial charge in [0.1, 0.15) is 17.1 Å². The Bertz CT molecular complexity index is 1610. The third-order valence-electron chi connectivity index (χ3n) is 5.79. The van der Waals surface area contributed by atoms with Gasteiger partial charge >= 0.3 is 12.5 Å². The maximum absolute atomic E-state index is 13.3. The van der Waals surface area contributed by atoms with Gasteiger partial charge in [0.05, 0.1) is 11.5 Å². The number of nitrogens with zero attached hydrogens (tertiary/aromatic N) is 2. The van der Waals surface area contributed by atoms with Crippen molar-refractivity contribution >= 4 is 28.1 Å². The van der Waals surface area contributed by atoms with E-state index in [1.54, 1.807) is 49.3 Å². The van der Waals surface area contributed by atoms with Crippen molar-refractivity contribution in [3.05, 3.63) is 76.7 Å². The Kier molecular flexibility index (Phi) is 9.33. The van der Waals surface area contributed by atoms with Crippen molar-refractivity contribution in [3.8, 4) is 33.2 Å². The summed E-state index contributed by atoms with van der Waals surface area (Å²) in [4.78, 5) is 35.9. The zero-order chi connectivity index (χ0) is 31.4. The highest BCUT2D eigenvalue weighted by Crippen LogP contribution is 2.34. The fraction of sp³-hybridized carbons (Fsp3) is 0.250. The molecule has 4 rings (SSSR count). The summed E-state index contributed by atoms with van der Waals surface area (Å²) in [5.41, 5.74) is 0.260. The molecule has 0 bridgehead atoms. The molecule has 0 atom stereocenters. The zero-order valence-electron chi connectivity index (χ0n) is 22.6. The first-order valence-electron chi connectivity index (χ1n) is 12.6. The first-order valence-corrected chi connectivity index (χ1v) is 13.4. The predicted molar refractivity (Wildman–Crippen MR) is 150 cm³/mol. The first kappa shape index (κ1) is 31.4. The van der Waals surface area contributed by atoms with E-state index in [1.165, 1.54) is 29.7 Å². The topological polar surface area (TPSA) is 96.6 Å². The van der Waals surface area contributed by atoms with Crippen molar-refractivity contribution in [1.82, 2.24) is 9.97 Å². The van der Waals surface area contributed by atoms with Crippen molar-refractivity contribution in [3.63, 3.8) is 0 Å². The summed E-state index contributed by atoms with van der Waals surface area (Å²) in [6.45, 7) is -0.124. The van der Waals surface area contributed by atoms with Crippen molar-refractivity contribution in [2.75, 3.05) is 30.9 Å². The van der Waals surface area contributed by atoms with E-state index in [4.69, 9.17) is 4.74 Å². The van der Waals surface area contributed by atoms with Crippen LogP contribution in [0.25, 0.3) is 21.7 Å². The Morgan fingerprint density at radius 2 is 1.65 bits per heavy atom. The summed E-state index contributed by atoms with van der Waals surface area (Å²) >= 11 is 1.23. The van der Waals surface area contributed by atoms with Gasteiger partial charge in [0.15, 0.2) is 5.13 Å². The van der Waals surface area contributed by atoms with Gasteiger partial charge < -0.3 is 24.7 Å². The molecule has 0 aliphatic carbocycles. The zero-order valence-corrected chi connectivity index (χ0v) is 23.4. The lowest BCUT2D eigenvalue weighted by atomic mass is 10.0. The molecule has 0 radical (unpaired) electrons. The minimum atomic E-state index is -4.88. The Hall–Kier alpha value is -4.53. The van der Waals surface area contributed by atoms with E-state index in [1.807, 2.05) is 0 Å². The molecular formula is C28H24F6N4O4S. The summed E-state index contributed by atoms with van der Waals surface area (Å²) in [5, 5.41) is 3.13. The van der Waals surface area contributed by atoms with Gasteiger partial charge in [-0.15, -0.1) is 13.2 Å². The van der Waals surface area contributed by atoms with Crippen molar-refractivity contribution in [2.45, 2.75) is 25.4 Å². The van der Waals surface area contributed by atoms with Crippen molar-refractivity contribution in [2.24, 2.45) is 0 Å². The lowest BCUT2D eigenvalue weighted by molar-refractivity contribution is -0.274. The molecule has 0 unspecified atom stereocenters. The van der Waals surface area contributed by atoms with Gasteiger partial charge in [0.2, 0.25) is 0 Å². The fourth-order valence-corrected chi connectivity index (χ4v) is 4.72. The number of ether oxygens (including phenoxy) is 2. The maximum Gasteiger partial charge on any atom is 0.573 e. The molecule has 0 aliphatic rings. The van der Waals surface area contributed by atoms with E-state index in [2.05, 4.69) is 20.0 Å². The average molecular weight is 627 g/mol. The number of pyridine rings is 1. The number of halogens is 6. The Morgan fingerprint density at radius 1 is 1.00 bits per heavy atom. The number of thiazole rings is 1. The van der Waals surface area contributed by atoms with Crippen LogP contribution in [0.15, 0.2) is 65.6 Å². The second kappa shape index (κ2) is 12.8. The number of aromatic amines is 1. The van der Waals surface area contributed by atoms with Gasteiger partial charge in [0, 0.05) is 43.7 Å². The van der Waals surface area contributed by atoms with E-state index >= 15 is 0 Å². The van der Waals surface area contributed by atoms with E-state index in [0.717, 1.165) is 12.1 Å². The molecule has 2 aromatic carbocycles. The van der Waals surface area contributed by atoms with Crippen LogP contribution in [0.1, 0.15) is 23.2 Å². The molecule has 0 fully saturated rings. The third-order valence-corrected chi connectivity index (χ3v) is 6.98.